The van der Waals surface area contributed by atoms with Crippen molar-refractivity contribution in [3.05, 3.63) is 0 Å². The highest BCUT2D eigenvalue weighted by atomic mass is 16.5. The van der Waals surface area contributed by atoms with Crippen LogP contribution in [-0.2, 0) is 9.53 Å². The Balaban J connectivity index is -0.000000867. The maximum atomic E-state index is 10.8. The van der Waals surface area contributed by atoms with E-state index in [0.717, 1.165) is 12.8 Å². The third kappa shape index (κ3) is 31.6. The van der Waals surface area contributed by atoms with E-state index in [0.29, 0.717) is 6.61 Å². The van der Waals surface area contributed by atoms with Crippen LogP contribution in [0.1, 0.15) is 117 Å². The van der Waals surface area contributed by atoms with Crippen molar-refractivity contribution in [1.29, 1.82) is 0 Å². The lowest BCUT2D eigenvalue weighted by Gasteiger charge is -2.04. The largest absolute Gasteiger partial charge is 0.465 e. The minimum Gasteiger partial charge on any atom is -0.465 e. The molecular weight excluding hydrogens is 312 g/mol. The van der Waals surface area contributed by atoms with Crippen molar-refractivity contribution < 1.29 is 9.53 Å². The molecular formula is C21H48N2O2. The fraction of sp³-hybridized carbons (Fsp3) is 0.952. The molecule has 0 rings (SSSR count). The van der Waals surface area contributed by atoms with Gasteiger partial charge in [-0.15, -0.1) is 0 Å². The second-order valence-electron chi connectivity index (χ2n) is 6.67. The van der Waals surface area contributed by atoms with E-state index in [4.69, 9.17) is 10.5 Å². The Morgan fingerprint density at radius 2 is 1.00 bits per heavy atom. The van der Waals surface area contributed by atoms with Crippen LogP contribution in [0.3, 0.4) is 0 Å². The van der Waals surface area contributed by atoms with Crippen LogP contribution in [0.5, 0.6) is 0 Å². The minimum atomic E-state index is -0.288. The van der Waals surface area contributed by atoms with Gasteiger partial charge in [-0.1, -0.05) is 111 Å². The first-order chi connectivity index (χ1) is 11.7. The Kier molecular flexibility index (Phi) is 32.9. The van der Waals surface area contributed by atoms with Crippen molar-refractivity contribution in [2.45, 2.75) is 117 Å². The Hall–Kier alpha value is -0.610. The van der Waals surface area contributed by atoms with Gasteiger partial charge in [-0.05, 0) is 6.42 Å². The zero-order valence-corrected chi connectivity index (χ0v) is 17.6. The smallest absolute Gasteiger partial charge is 0.319 e. The van der Waals surface area contributed by atoms with Crippen molar-refractivity contribution >= 4 is 5.97 Å². The Bertz CT molecular complexity index is 234. The fourth-order valence-corrected chi connectivity index (χ4v) is 2.36. The summed E-state index contributed by atoms with van der Waals surface area (Å²) in [5.41, 5.74) is 5.15. The topological polar surface area (TPSA) is 87.3 Å². The molecule has 5 N–H and O–H groups in total. The summed E-state index contributed by atoms with van der Waals surface area (Å²) in [6.07, 6.45) is 19.9. The third-order valence-electron chi connectivity index (χ3n) is 4.18. The number of ether oxygens (including phenoxy) is 1. The molecule has 0 bridgehead atoms. The average Bonchev–Trinajstić information content (AvgIpc) is 2.61. The van der Waals surface area contributed by atoms with Crippen LogP contribution in [0, 0.1) is 0 Å². The van der Waals surface area contributed by atoms with Gasteiger partial charge >= 0.3 is 5.97 Å². The molecule has 154 valence electrons. The lowest BCUT2D eigenvalue weighted by atomic mass is 10.0. The van der Waals surface area contributed by atoms with Gasteiger partial charge in [0.05, 0.1) is 13.2 Å². The van der Waals surface area contributed by atoms with Crippen LogP contribution in [0.25, 0.3) is 0 Å². The molecule has 0 spiro atoms. The van der Waals surface area contributed by atoms with Gasteiger partial charge in [0, 0.05) is 0 Å². The first-order valence-corrected chi connectivity index (χ1v) is 10.6. The van der Waals surface area contributed by atoms with Crippen LogP contribution in [0.15, 0.2) is 0 Å². The van der Waals surface area contributed by atoms with E-state index in [9.17, 15) is 4.79 Å². The molecule has 4 heteroatoms. The van der Waals surface area contributed by atoms with E-state index < -0.39 is 0 Å². The van der Waals surface area contributed by atoms with Crippen molar-refractivity contribution in [2.75, 3.05) is 13.2 Å². The van der Waals surface area contributed by atoms with Crippen LogP contribution in [-0.4, -0.2) is 19.1 Å². The van der Waals surface area contributed by atoms with Gasteiger partial charge in [-0.25, -0.2) is 0 Å². The Labute approximate surface area is 158 Å². The molecule has 0 aromatic rings. The van der Waals surface area contributed by atoms with Gasteiger partial charge in [0.25, 0.3) is 0 Å². The summed E-state index contributed by atoms with van der Waals surface area (Å²) in [7, 11) is 0. The molecule has 0 aliphatic heterocycles. The Morgan fingerprint density at radius 3 is 1.32 bits per heavy atom. The molecule has 0 aliphatic rings. The number of hydrogen-bond donors (Lipinski definition) is 2. The number of esters is 1. The molecule has 0 aliphatic carbocycles. The summed E-state index contributed by atoms with van der Waals surface area (Å²) >= 11 is 0. The number of unbranched alkanes of at least 4 members (excludes halogenated alkanes) is 13. The van der Waals surface area contributed by atoms with E-state index in [-0.39, 0.29) is 18.7 Å². The van der Waals surface area contributed by atoms with Gasteiger partial charge in [0.15, 0.2) is 0 Å². The van der Waals surface area contributed by atoms with Crippen LogP contribution in [0.2, 0.25) is 0 Å². The van der Waals surface area contributed by atoms with Crippen LogP contribution < -0.4 is 11.9 Å². The highest BCUT2D eigenvalue weighted by Gasteiger charge is 1.97. The SMILES string of the molecule is CCCC.CCCCCCCCCCCCCCCOC(=O)CN.N. The molecule has 0 atom stereocenters. The predicted octanol–water partition coefficient (Wildman–Crippen LogP) is 6.55. The summed E-state index contributed by atoms with van der Waals surface area (Å²) in [4.78, 5) is 10.8. The average molecular weight is 361 g/mol. The molecule has 0 unspecified atom stereocenters. The number of carbonyl (C=O) groups excluding carboxylic acids is 1. The molecule has 0 saturated carbocycles. The van der Waals surface area contributed by atoms with Crippen molar-refractivity contribution in [3.8, 4) is 0 Å². The second kappa shape index (κ2) is 28.2. The normalized spacial score (nSPS) is 9.76. The van der Waals surface area contributed by atoms with Gasteiger partial charge < -0.3 is 16.6 Å². The number of nitrogens with two attached hydrogens (primary N) is 1. The van der Waals surface area contributed by atoms with E-state index in [1.807, 2.05) is 0 Å². The van der Waals surface area contributed by atoms with Crippen LogP contribution >= 0.6 is 0 Å². The minimum absolute atomic E-state index is 0. The zero-order valence-electron chi connectivity index (χ0n) is 17.6. The fourth-order valence-electron chi connectivity index (χ4n) is 2.36. The summed E-state index contributed by atoms with van der Waals surface area (Å²) in [6, 6.07) is 0. The predicted molar refractivity (Wildman–Crippen MR) is 111 cm³/mol. The zero-order chi connectivity index (χ0) is 18.3. The van der Waals surface area contributed by atoms with Gasteiger partial charge in [-0.2, -0.15) is 0 Å². The standard InChI is InChI=1S/C17H35NO2.C4H10.H3N/c1-2-3-4-5-6-7-8-9-10-11-12-13-14-15-20-17(19)16-18;1-3-4-2;/h2-16,18H2,1H3;3-4H2,1-2H3;1H3. The lowest BCUT2D eigenvalue weighted by Crippen LogP contribution is -2.17. The van der Waals surface area contributed by atoms with Crippen molar-refractivity contribution in [1.82, 2.24) is 6.15 Å². The van der Waals surface area contributed by atoms with E-state index in [1.165, 1.54) is 83.5 Å². The summed E-state index contributed by atoms with van der Waals surface area (Å²) in [5, 5.41) is 0. The first kappa shape index (κ1) is 29.2. The maximum absolute atomic E-state index is 10.8. The second-order valence-corrected chi connectivity index (χ2v) is 6.67. The molecule has 0 radical (unpaired) electrons. The number of hydrogen-bond acceptors (Lipinski definition) is 4. The summed E-state index contributed by atoms with van der Waals surface area (Å²) in [5.74, 6) is -0.288. The molecule has 0 fully saturated rings. The highest BCUT2D eigenvalue weighted by molar-refractivity contribution is 5.71. The molecule has 4 nitrogen and oxygen atoms in total. The summed E-state index contributed by atoms with van der Waals surface area (Å²) < 4.78 is 4.93. The molecule has 0 aromatic heterocycles. The molecule has 0 aromatic carbocycles. The highest BCUT2D eigenvalue weighted by Crippen LogP contribution is 2.12. The molecule has 0 amide bonds. The quantitative estimate of drug-likeness (QED) is 0.241. The van der Waals surface area contributed by atoms with Crippen molar-refractivity contribution in [2.24, 2.45) is 5.73 Å². The number of carbonyl (C=O) groups is 1. The summed E-state index contributed by atoms with van der Waals surface area (Å²) in [6.45, 7) is 7.16. The number of rotatable bonds is 16. The van der Waals surface area contributed by atoms with Crippen molar-refractivity contribution in [3.63, 3.8) is 0 Å². The monoisotopic (exact) mass is 360 g/mol. The molecule has 0 heterocycles. The van der Waals surface area contributed by atoms with E-state index in [2.05, 4.69) is 20.8 Å². The Morgan fingerprint density at radius 1 is 0.640 bits per heavy atom. The van der Waals surface area contributed by atoms with E-state index in [1.54, 1.807) is 0 Å². The molecule has 25 heavy (non-hydrogen) atoms. The first-order valence-electron chi connectivity index (χ1n) is 10.6. The van der Waals surface area contributed by atoms with Gasteiger partial charge in [0.1, 0.15) is 0 Å². The van der Waals surface area contributed by atoms with Gasteiger partial charge in [0.2, 0.25) is 0 Å². The maximum Gasteiger partial charge on any atom is 0.319 e. The van der Waals surface area contributed by atoms with E-state index >= 15 is 0 Å². The lowest BCUT2D eigenvalue weighted by molar-refractivity contribution is -0.142. The molecule has 0 saturated heterocycles. The van der Waals surface area contributed by atoms with Gasteiger partial charge in [-0.3, -0.25) is 4.79 Å². The third-order valence-corrected chi connectivity index (χ3v) is 4.18. The van der Waals surface area contributed by atoms with Crippen LogP contribution in [0.4, 0.5) is 0 Å².